The molecule has 2 N–H and O–H groups in total. The monoisotopic (exact) mass is 412 g/mol. The van der Waals surface area contributed by atoms with E-state index in [1.54, 1.807) is 24.3 Å². The molecule has 0 unspecified atom stereocenters. The number of carbonyl (C=O) groups is 2. The van der Waals surface area contributed by atoms with Crippen LogP contribution in [0.15, 0.2) is 36.4 Å². The summed E-state index contributed by atoms with van der Waals surface area (Å²) in [4.78, 5) is 23.9. The number of fused-ring (bicyclic) bond motifs is 1. The molecule has 0 saturated carbocycles. The summed E-state index contributed by atoms with van der Waals surface area (Å²) in [5, 5.41) is 5.88. The van der Waals surface area contributed by atoms with E-state index in [4.69, 9.17) is 9.47 Å². The quantitative estimate of drug-likeness (QED) is 0.574. The van der Waals surface area contributed by atoms with E-state index in [2.05, 4.69) is 10.6 Å². The number of amides is 2. The molecule has 1 spiro atoms. The molecule has 1 saturated heterocycles. The van der Waals surface area contributed by atoms with Crippen molar-refractivity contribution in [3.8, 4) is 11.5 Å². The molecule has 2 aliphatic rings. The molecule has 6 nitrogen and oxygen atoms in total. The Labute approximate surface area is 174 Å². The molecule has 7 heteroatoms. The van der Waals surface area contributed by atoms with Gasteiger partial charge in [0.1, 0.15) is 17.3 Å². The van der Waals surface area contributed by atoms with Crippen LogP contribution in [0, 0.1) is 12.7 Å². The van der Waals surface area contributed by atoms with Crippen molar-refractivity contribution in [1.82, 2.24) is 10.6 Å². The number of esters is 1. The summed E-state index contributed by atoms with van der Waals surface area (Å²) in [6.45, 7) is 7.16. The standard InChI is InChI=1S/C23H25FN2O4/c1-13-9-17(29-14(2)27)10-19-20(13)18(15-5-7-16(24)8-6-15)11-23(30-19)12-22(3,4)25-21(28)26-23/h5-10,18H,11-12H2,1-4H3,(H2,25,26,28)/t18-,23+/m1/s1. The number of halogens is 1. The average Bonchev–Trinajstić information content (AvgIpc) is 2.58. The minimum absolute atomic E-state index is 0.130. The van der Waals surface area contributed by atoms with Crippen molar-refractivity contribution >= 4 is 12.0 Å². The molecule has 2 aromatic rings. The van der Waals surface area contributed by atoms with E-state index in [0.717, 1.165) is 16.7 Å². The number of benzene rings is 2. The summed E-state index contributed by atoms with van der Waals surface area (Å²) >= 11 is 0. The predicted octanol–water partition coefficient (Wildman–Crippen LogP) is 4.15. The predicted molar refractivity (Wildman–Crippen MR) is 109 cm³/mol. The highest BCUT2D eigenvalue weighted by Crippen LogP contribution is 2.49. The van der Waals surface area contributed by atoms with Gasteiger partial charge >= 0.3 is 12.0 Å². The third-order valence-electron chi connectivity index (χ3n) is 5.56. The largest absolute Gasteiger partial charge is 0.467 e. The maximum atomic E-state index is 13.6. The Balaban J connectivity index is 1.85. The Bertz CT molecular complexity index is 1020. The van der Waals surface area contributed by atoms with E-state index in [1.165, 1.54) is 19.1 Å². The molecular weight excluding hydrogens is 387 g/mol. The Morgan fingerprint density at radius 3 is 2.53 bits per heavy atom. The van der Waals surface area contributed by atoms with Crippen LogP contribution in [-0.4, -0.2) is 23.3 Å². The van der Waals surface area contributed by atoms with Crippen molar-refractivity contribution in [2.45, 2.75) is 57.7 Å². The lowest BCUT2D eigenvalue weighted by molar-refractivity contribution is -0.131. The first-order valence-electron chi connectivity index (χ1n) is 9.94. The number of aryl methyl sites for hydroxylation is 1. The number of hydrogen-bond donors (Lipinski definition) is 2. The third-order valence-corrected chi connectivity index (χ3v) is 5.56. The van der Waals surface area contributed by atoms with E-state index >= 15 is 0 Å². The van der Waals surface area contributed by atoms with Gasteiger partial charge in [0.15, 0.2) is 5.72 Å². The molecule has 2 heterocycles. The third kappa shape index (κ3) is 3.84. The van der Waals surface area contributed by atoms with Gasteiger partial charge in [0.25, 0.3) is 0 Å². The van der Waals surface area contributed by atoms with Gasteiger partial charge in [-0.15, -0.1) is 0 Å². The highest BCUT2D eigenvalue weighted by molar-refractivity contribution is 5.77. The highest BCUT2D eigenvalue weighted by Gasteiger charge is 2.50. The molecule has 1 fully saturated rings. The van der Waals surface area contributed by atoms with Crippen LogP contribution in [0.25, 0.3) is 0 Å². The van der Waals surface area contributed by atoms with Crippen LogP contribution < -0.4 is 20.1 Å². The molecule has 2 amide bonds. The van der Waals surface area contributed by atoms with Crippen molar-refractivity contribution in [2.24, 2.45) is 0 Å². The smallest absolute Gasteiger partial charge is 0.318 e. The molecule has 30 heavy (non-hydrogen) atoms. The fourth-order valence-electron chi connectivity index (χ4n) is 4.69. The minimum Gasteiger partial charge on any atom is -0.467 e. The summed E-state index contributed by atoms with van der Waals surface area (Å²) in [6.07, 6.45) is 1.02. The van der Waals surface area contributed by atoms with Gasteiger partial charge in [0, 0.05) is 42.9 Å². The van der Waals surface area contributed by atoms with E-state index in [0.29, 0.717) is 24.3 Å². The fraction of sp³-hybridized carbons (Fsp3) is 0.391. The lowest BCUT2D eigenvalue weighted by Crippen LogP contribution is -2.69. The van der Waals surface area contributed by atoms with E-state index in [9.17, 15) is 14.0 Å². The maximum Gasteiger partial charge on any atom is 0.318 e. The molecule has 2 aromatic carbocycles. The first kappa shape index (κ1) is 20.2. The molecule has 158 valence electrons. The van der Waals surface area contributed by atoms with Crippen molar-refractivity contribution in [2.75, 3.05) is 0 Å². The first-order chi connectivity index (χ1) is 14.1. The number of rotatable bonds is 2. The topological polar surface area (TPSA) is 76.7 Å². The zero-order valence-corrected chi connectivity index (χ0v) is 17.5. The minimum atomic E-state index is -0.945. The van der Waals surface area contributed by atoms with E-state index < -0.39 is 17.2 Å². The lowest BCUT2D eigenvalue weighted by Gasteiger charge is -2.49. The fourth-order valence-corrected chi connectivity index (χ4v) is 4.69. The summed E-state index contributed by atoms with van der Waals surface area (Å²) in [5.41, 5.74) is 1.34. The number of hydrogen-bond acceptors (Lipinski definition) is 4. The molecule has 0 radical (unpaired) electrons. The molecule has 2 aliphatic heterocycles. The zero-order chi connectivity index (χ0) is 21.7. The summed E-state index contributed by atoms with van der Waals surface area (Å²) < 4.78 is 25.3. The van der Waals surface area contributed by atoms with Gasteiger partial charge in [-0.3, -0.25) is 4.79 Å². The van der Waals surface area contributed by atoms with Gasteiger partial charge in [0.05, 0.1) is 0 Å². The number of urea groups is 1. The van der Waals surface area contributed by atoms with Crippen LogP contribution >= 0.6 is 0 Å². The number of nitrogens with one attached hydrogen (secondary N) is 2. The zero-order valence-electron chi connectivity index (χ0n) is 17.5. The van der Waals surface area contributed by atoms with Crippen LogP contribution in [0.3, 0.4) is 0 Å². The van der Waals surface area contributed by atoms with Crippen molar-refractivity contribution in [1.29, 1.82) is 0 Å². The molecule has 0 aromatic heterocycles. The number of ether oxygens (including phenoxy) is 2. The van der Waals surface area contributed by atoms with Crippen molar-refractivity contribution in [3.63, 3.8) is 0 Å². The normalized spacial score (nSPS) is 24.3. The first-order valence-corrected chi connectivity index (χ1v) is 9.94. The summed E-state index contributed by atoms with van der Waals surface area (Å²) in [6, 6.07) is 9.56. The van der Waals surface area contributed by atoms with Gasteiger partial charge in [-0.2, -0.15) is 0 Å². The van der Waals surface area contributed by atoms with Gasteiger partial charge in [-0.25, -0.2) is 9.18 Å². The van der Waals surface area contributed by atoms with Gasteiger partial charge in [-0.1, -0.05) is 12.1 Å². The highest BCUT2D eigenvalue weighted by atomic mass is 19.1. The SMILES string of the molecule is CC(=O)Oc1cc(C)c2c(c1)O[C@@]1(C[C@@H]2c2ccc(F)cc2)CC(C)(C)NC(=O)N1. The molecular formula is C23H25FN2O4. The Hall–Kier alpha value is -3.09. The average molecular weight is 412 g/mol. The van der Waals surface area contributed by atoms with Crippen molar-refractivity contribution < 1.29 is 23.5 Å². The molecule has 2 atom stereocenters. The molecule has 0 aliphatic carbocycles. The van der Waals surface area contributed by atoms with E-state index in [1.807, 2.05) is 20.8 Å². The van der Waals surface area contributed by atoms with Crippen LogP contribution in [0.1, 0.15) is 56.2 Å². The van der Waals surface area contributed by atoms with Gasteiger partial charge in [-0.05, 0) is 50.1 Å². The van der Waals surface area contributed by atoms with Crippen molar-refractivity contribution in [3.05, 3.63) is 58.9 Å². The molecule has 4 rings (SSSR count). The summed E-state index contributed by atoms with van der Waals surface area (Å²) in [5.74, 6) is 0.0677. The van der Waals surface area contributed by atoms with E-state index in [-0.39, 0.29) is 17.8 Å². The second-order valence-electron chi connectivity index (χ2n) is 8.79. The second kappa shape index (κ2) is 7.00. The van der Waals surface area contributed by atoms with Gasteiger partial charge in [0.2, 0.25) is 0 Å². The maximum absolute atomic E-state index is 13.6. The Morgan fingerprint density at radius 2 is 1.90 bits per heavy atom. The summed E-state index contributed by atoms with van der Waals surface area (Å²) in [7, 11) is 0. The second-order valence-corrected chi connectivity index (χ2v) is 8.79. The van der Waals surface area contributed by atoms with Crippen LogP contribution in [0.4, 0.5) is 9.18 Å². The van der Waals surface area contributed by atoms with Crippen LogP contribution in [0.2, 0.25) is 0 Å². The van der Waals surface area contributed by atoms with Gasteiger partial charge < -0.3 is 20.1 Å². The molecule has 0 bridgehead atoms. The number of carbonyl (C=O) groups excluding carboxylic acids is 2. The lowest BCUT2D eigenvalue weighted by atomic mass is 9.76. The Kier molecular flexibility index (Phi) is 4.71. The van der Waals surface area contributed by atoms with Crippen LogP contribution in [0.5, 0.6) is 11.5 Å². The Morgan fingerprint density at radius 1 is 1.20 bits per heavy atom. The van der Waals surface area contributed by atoms with Crippen LogP contribution in [-0.2, 0) is 4.79 Å².